The minimum atomic E-state index is -0.326. The number of benzene rings is 2. The Labute approximate surface area is 180 Å². The molecule has 1 N–H and O–H groups in total. The van der Waals surface area contributed by atoms with E-state index in [1.54, 1.807) is 41.3 Å². The molecule has 3 rings (SSSR count). The molecule has 1 aliphatic heterocycles. The zero-order chi connectivity index (χ0) is 20.6. The Hall–Kier alpha value is -1.86. The Balaban J connectivity index is 1.65. The van der Waals surface area contributed by atoms with Gasteiger partial charge in [-0.15, -0.1) is 0 Å². The Bertz CT molecular complexity index is 831. The molecule has 0 bridgehead atoms. The summed E-state index contributed by atoms with van der Waals surface area (Å²) in [5.74, 6) is -0.326. The number of ether oxygens (including phenoxy) is 1. The van der Waals surface area contributed by atoms with Crippen molar-refractivity contribution in [1.82, 2.24) is 9.80 Å². The van der Waals surface area contributed by atoms with Gasteiger partial charge in [-0.3, -0.25) is 4.90 Å². The lowest BCUT2D eigenvalue weighted by Gasteiger charge is -2.28. The van der Waals surface area contributed by atoms with Crippen LogP contribution in [-0.4, -0.2) is 55.2 Å². The van der Waals surface area contributed by atoms with Crippen LogP contribution in [0.4, 0.5) is 14.9 Å². The summed E-state index contributed by atoms with van der Waals surface area (Å²) in [6.45, 7) is 4.79. The summed E-state index contributed by atoms with van der Waals surface area (Å²) >= 11 is 12.0. The zero-order valence-electron chi connectivity index (χ0n) is 16.0. The molecule has 0 radical (unpaired) electrons. The fourth-order valence-electron chi connectivity index (χ4n) is 3.17. The highest BCUT2D eigenvalue weighted by atomic mass is 35.5. The minimum Gasteiger partial charge on any atom is -0.379 e. The SMILES string of the molecule is O=C(Nc1ccc(Cl)c(Cl)c1)N(CCCN1CCOCC1)Cc1ccccc1F. The number of anilines is 1. The van der Waals surface area contributed by atoms with E-state index in [0.29, 0.717) is 27.8 Å². The van der Waals surface area contributed by atoms with Gasteiger partial charge in [0.15, 0.2) is 0 Å². The number of hydrogen-bond acceptors (Lipinski definition) is 3. The number of carbonyl (C=O) groups is 1. The van der Waals surface area contributed by atoms with Crippen molar-refractivity contribution in [3.05, 3.63) is 63.9 Å². The molecule has 0 spiro atoms. The largest absolute Gasteiger partial charge is 0.379 e. The van der Waals surface area contributed by atoms with E-state index < -0.39 is 0 Å². The van der Waals surface area contributed by atoms with Crippen molar-refractivity contribution in [3.8, 4) is 0 Å². The molecule has 2 amide bonds. The van der Waals surface area contributed by atoms with Crippen LogP contribution in [0.25, 0.3) is 0 Å². The monoisotopic (exact) mass is 439 g/mol. The van der Waals surface area contributed by atoms with E-state index in [4.69, 9.17) is 27.9 Å². The van der Waals surface area contributed by atoms with Gasteiger partial charge >= 0.3 is 6.03 Å². The third-order valence-corrected chi connectivity index (χ3v) is 5.52. The predicted octanol–water partition coefficient (Wildman–Crippen LogP) is 4.89. The van der Waals surface area contributed by atoms with Crippen LogP contribution in [0.1, 0.15) is 12.0 Å². The van der Waals surface area contributed by atoms with E-state index >= 15 is 0 Å². The molecule has 1 aliphatic rings. The number of hydrogen-bond donors (Lipinski definition) is 1. The normalized spacial score (nSPS) is 14.6. The molecule has 8 heteroatoms. The summed E-state index contributed by atoms with van der Waals surface area (Å²) < 4.78 is 19.5. The van der Waals surface area contributed by atoms with Gasteiger partial charge in [0, 0.05) is 37.4 Å². The molecule has 1 heterocycles. The van der Waals surface area contributed by atoms with Crippen LogP contribution in [0.3, 0.4) is 0 Å². The van der Waals surface area contributed by atoms with Gasteiger partial charge < -0.3 is 15.0 Å². The summed E-state index contributed by atoms with van der Waals surface area (Å²) in [6, 6.07) is 11.1. The smallest absolute Gasteiger partial charge is 0.322 e. The summed E-state index contributed by atoms with van der Waals surface area (Å²) in [7, 11) is 0. The second kappa shape index (κ2) is 10.8. The molecule has 0 unspecified atom stereocenters. The number of carbonyl (C=O) groups excluding carboxylic acids is 1. The molecule has 0 atom stereocenters. The maximum atomic E-state index is 14.1. The van der Waals surface area contributed by atoms with Crippen molar-refractivity contribution in [2.24, 2.45) is 0 Å². The number of amides is 2. The molecule has 0 saturated carbocycles. The third-order valence-electron chi connectivity index (χ3n) is 4.78. The molecule has 0 aromatic heterocycles. The standard InChI is InChI=1S/C21H24Cl2FN3O2/c22-18-7-6-17(14-19(18)23)25-21(28)27(15-16-4-1-2-5-20(16)24)9-3-8-26-10-12-29-13-11-26/h1-2,4-7,14H,3,8-13,15H2,(H,25,28). The maximum Gasteiger partial charge on any atom is 0.322 e. The first-order valence-corrected chi connectivity index (χ1v) is 10.3. The van der Waals surface area contributed by atoms with Gasteiger partial charge in [-0.05, 0) is 30.7 Å². The van der Waals surface area contributed by atoms with E-state index in [1.807, 2.05) is 0 Å². The number of urea groups is 1. The van der Waals surface area contributed by atoms with Crippen molar-refractivity contribution in [3.63, 3.8) is 0 Å². The van der Waals surface area contributed by atoms with E-state index in [2.05, 4.69) is 10.2 Å². The lowest BCUT2D eigenvalue weighted by Crippen LogP contribution is -2.40. The third kappa shape index (κ3) is 6.57. The van der Waals surface area contributed by atoms with Gasteiger partial charge in [-0.25, -0.2) is 9.18 Å². The maximum absolute atomic E-state index is 14.1. The lowest BCUT2D eigenvalue weighted by molar-refractivity contribution is 0.0365. The van der Waals surface area contributed by atoms with Crippen molar-refractivity contribution in [2.45, 2.75) is 13.0 Å². The minimum absolute atomic E-state index is 0.183. The fraction of sp³-hybridized carbons (Fsp3) is 0.381. The number of rotatable bonds is 7. The predicted molar refractivity (Wildman–Crippen MR) is 114 cm³/mol. The quantitative estimate of drug-likeness (QED) is 0.667. The van der Waals surface area contributed by atoms with Crippen LogP contribution in [0.5, 0.6) is 0 Å². The molecule has 0 aliphatic carbocycles. The second-order valence-corrected chi connectivity index (χ2v) is 7.69. The van der Waals surface area contributed by atoms with Crippen LogP contribution in [0.15, 0.2) is 42.5 Å². The van der Waals surface area contributed by atoms with Gasteiger partial charge in [0.25, 0.3) is 0 Å². The zero-order valence-corrected chi connectivity index (χ0v) is 17.6. The summed E-state index contributed by atoms with van der Waals surface area (Å²) in [6.07, 6.45) is 0.781. The number of halogens is 3. The molecule has 5 nitrogen and oxygen atoms in total. The molecule has 2 aromatic carbocycles. The average molecular weight is 440 g/mol. The average Bonchev–Trinajstić information content (AvgIpc) is 2.72. The number of morpholine rings is 1. The van der Waals surface area contributed by atoms with Crippen LogP contribution >= 0.6 is 23.2 Å². The van der Waals surface area contributed by atoms with Gasteiger partial charge in [-0.1, -0.05) is 41.4 Å². The topological polar surface area (TPSA) is 44.8 Å². The first-order valence-electron chi connectivity index (χ1n) is 9.57. The first kappa shape index (κ1) is 21.8. The fourth-order valence-corrected chi connectivity index (χ4v) is 3.47. The highest BCUT2D eigenvalue weighted by molar-refractivity contribution is 6.42. The van der Waals surface area contributed by atoms with Crippen LogP contribution in [-0.2, 0) is 11.3 Å². The van der Waals surface area contributed by atoms with Crippen molar-refractivity contribution >= 4 is 34.9 Å². The lowest BCUT2D eigenvalue weighted by atomic mass is 10.2. The summed E-state index contributed by atoms with van der Waals surface area (Å²) in [4.78, 5) is 16.8. The van der Waals surface area contributed by atoms with E-state index in [-0.39, 0.29) is 18.4 Å². The van der Waals surface area contributed by atoms with Crippen LogP contribution in [0, 0.1) is 5.82 Å². The van der Waals surface area contributed by atoms with Crippen LogP contribution < -0.4 is 5.32 Å². The van der Waals surface area contributed by atoms with E-state index in [0.717, 1.165) is 39.3 Å². The highest BCUT2D eigenvalue weighted by Crippen LogP contribution is 2.25. The van der Waals surface area contributed by atoms with Gasteiger partial charge in [0.05, 0.1) is 29.8 Å². The number of nitrogens with one attached hydrogen (secondary N) is 1. The Morgan fingerprint density at radius 3 is 2.62 bits per heavy atom. The van der Waals surface area contributed by atoms with E-state index in [1.165, 1.54) is 6.07 Å². The van der Waals surface area contributed by atoms with Crippen molar-refractivity contribution in [2.75, 3.05) is 44.7 Å². The molecular formula is C21H24Cl2FN3O2. The molecule has 1 saturated heterocycles. The van der Waals surface area contributed by atoms with Gasteiger partial charge in [0.2, 0.25) is 0 Å². The summed E-state index contributed by atoms with van der Waals surface area (Å²) in [5, 5.41) is 3.60. The molecule has 2 aromatic rings. The highest BCUT2D eigenvalue weighted by Gasteiger charge is 2.17. The molecule has 1 fully saturated rings. The molecular weight excluding hydrogens is 416 g/mol. The summed E-state index contributed by atoms with van der Waals surface area (Å²) in [5.41, 5.74) is 1.01. The Morgan fingerprint density at radius 2 is 1.90 bits per heavy atom. The second-order valence-electron chi connectivity index (χ2n) is 6.88. The van der Waals surface area contributed by atoms with Crippen molar-refractivity contribution < 1.29 is 13.9 Å². The van der Waals surface area contributed by atoms with Crippen LogP contribution in [0.2, 0.25) is 10.0 Å². The van der Waals surface area contributed by atoms with Gasteiger partial charge in [-0.2, -0.15) is 0 Å². The molecule has 29 heavy (non-hydrogen) atoms. The first-order chi connectivity index (χ1) is 14.0. The van der Waals surface area contributed by atoms with E-state index in [9.17, 15) is 9.18 Å². The molecule has 156 valence electrons. The number of nitrogens with zero attached hydrogens (tertiary/aromatic N) is 2. The van der Waals surface area contributed by atoms with Crippen molar-refractivity contribution in [1.29, 1.82) is 0 Å². The Morgan fingerprint density at radius 1 is 1.14 bits per heavy atom. The Kier molecular flexibility index (Phi) is 8.12. The van der Waals surface area contributed by atoms with Gasteiger partial charge in [0.1, 0.15) is 5.82 Å².